The molecule has 2 rings (SSSR count). The van der Waals surface area contributed by atoms with Crippen LogP contribution in [0.1, 0.15) is 43.7 Å². The van der Waals surface area contributed by atoms with Crippen LogP contribution in [0.2, 0.25) is 0 Å². The van der Waals surface area contributed by atoms with E-state index in [1.807, 2.05) is 49.4 Å². The second-order valence-electron chi connectivity index (χ2n) is 7.13. The van der Waals surface area contributed by atoms with Crippen molar-refractivity contribution in [1.82, 2.24) is 5.32 Å². The van der Waals surface area contributed by atoms with Crippen LogP contribution in [0.25, 0.3) is 0 Å². The zero-order valence-corrected chi connectivity index (χ0v) is 17.2. The molecule has 1 amide bonds. The monoisotopic (exact) mass is 388 g/mol. The number of rotatable bonds is 8. The van der Waals surface area contributed by atoms with Gasteiger partial charge in [-0.1, -0.05) is 63.2 Å². The third-order valence-electron chi connectivity index (χ3n) is 4.51. The van der Waals surface area contributed by atoms with Gasteiger partial charge in [0.15, 0.2) is 0 Å². The lowest BCUT2D eigenvalue weighted by atomic mass is 10.0. The largest absolute Gasteiger partial charge is 0.354 e. The van der Waals surface area contributed by atoms with Gasteiger partial charge in [0.25, 0.3) is 0 Å². The maximum Gasteiger partial charge on any atom is 0.240 e. The normalized spacial score (nSPS) is 12.6. The molecule has 1 atom stereocenters. The fourth-order valence-electron chi connectivity index (χ4n) is 2.78. The zero-order chi connectivity index (χ0) is 20.0. The van der Waals surface area contributed by atoms with Gasteiger partial charge in [-0.3, -0.25) is 9.10 Å². The molecule has 6 heteroatoms. The lowest BCUT2D eigenvalue weighted by Gasteiger charge is -2.23. The molecule has 2 aromatic rings. The van der Waals surface area contributed by atoms with Crippen molar-refractivity contribution in [2.45, 2.75) is 32.6 Å². The van der Waals surface area contributed by atoms with Crippen LogP contribution in [-0.4, -0.2) is 33.7 Å². The molecule has 0 saturated heterocycles. The van der Waals surface area contributed by atoms with E-state index in [1.165, 1.54) is 0 Å². The summed E-state index contributed by atoms with van der Waals surface area (Å²) < 4.78 is 25.5. The van der Waals surface area contributed by atoms with E-state index in [9.17, 15) is 13.2 Å². The van der Waals surface area contributed by atoms with Gasteiger partial charge in [0.1, 0.15) is 6.54 Å². The molecule has 0 aliphatic carbocycles. The Hall–Kier alpha value is -2.34. The Balaban J connectivity index is 2.04. The van der Waals surface area contributed by atoms with Gasteiger partial charge in [-0.15, -0.1) is 0 Å². The summed E-state index contributed by atoms with van der Waals surface area (Å²) in [6.45, 7) is 6.39. The molecule has 0 aromatic heterocycles. The number of hydrogen-bond acceptors (Lipinski definition) is 3. The highest BCUT2D eigenvalue weighted by molar-refractivity contribution is 7.92. The predicted octanol–water partition coefficient (Wildman–Crippen LogP) is 3.50. The fourth-order valence-corrected chi connectivity index (χ4v) is 3.63. The Morgan fingerprint density at radius 2 is 1.56 bits per heavy atom. The van der Waals surface area contributed by atoms with Gasteiger partial charge in [-0.2, -0.15) is 0 Å². The van der Waals surface area contributed by atoms with E-state index in [0.717, 1.165) is 21.7 Å². The number of hydrogen-bond donors (Lipinski definition) is 1. The number of carbonyl (C=O) groups excluding carboxylic acids is 1. The van der Waals surface area contributed by atoms with E-state index >= 15 is 0 Å². The van der Waals surface area contributed by atoms with Crippen molar-refractivity contribution in [2.75, 3.05) is 23.7 Å². The van der Waals surface area contributed by atoms with Crippen LogP contribution >= 0.6 is 0 Å². The molecular weight excluding hydrogens is 360 g/mol. The first-order valence-corrected chi connectivity index (χ1v) is 10.9. The average Bonchev–Trinajstić information content (AvgIpc) is 2.64. The number of benzene rings is 2. The topological polar surface area (TPSA) is 66.5 Å². The predicted molar refractivity (Wildman–Crippen MR) is 111 cm³/mol. The molecule has 27 heavy (non-hydrogen) atoms. The molecule has 0 aliphatic rings. The molecule has 0 saturated carbocycles. The van der Waals surface area contributed by atoms with Crippen molar-refractivity contribution < 1.29 is 13.2 Å². The number of sulfonamides is 1. The van der Waals surface area contributed by atoms with Crippen molar-refractivity contribution in [2.24, 2.45) is 0 Å². The van der Waals surface area contributed by atoms with Crippen LogP contribution < -0.4 is 9.62 Å². The number of carbonyl (C=O) groups is 1. The third kappa shape index (κ3) is 6.10. The number of amides is 1. The fraction of sp³-hybridized carbons (Fsp3) is 0.381. The molecule has 0 aliphatic heterocycles. The zero-order valence-electron chi connectivity index (χ0n) is 16.3. The Kier molecular flexibility index (Phi) is 7.02. The van der Waals surface area contributed by atoms with Crippen molar-refractivity contribution >= 4 is 21.6 Å². The average molecular weight is 389 g/mol. The molecule has 5 nitrogen and oxygen atoms in total. The van der Waals surface area contributed by atoms with Crippen molar-refractivity contribution in [3.8, 4) is 0 Å². The maximum atomic E-state index is 12.4. The Morgan fingerprint density at radius 1 is 0.963 bits per heavy atom. The van der Waals surface area contributed by atoms with Crippen LogP contribution in [0.5, 0.6) is 0 Å². The van der Waals surface area contributed by atoms with Crippen LogP contribution in [-0.2, 0) is 14.8 Å². The minimum absolute atomic E-state index is 0.146. The van der Waals surface area contributed by atoms with E-state index < -0.39 is 10.0 Å². The summed E-state index contributed by atoms with van der Waals surface area (Å²) in [5.41, 5.74) is 2.74. The van der Waals surface area contributed by atoms with E-state index in [2.05, 4.69) is 19.2 Å². The van der Waals surface area contributed by atoms with Gasteiger partial charge >= 0.3 is 0 Å². The maximum absolute atomic E-state index is 12.4. The number of nitrogens with one attached hydrogen (secondary N) is 1. The van der Waals surface area contributed by atoms with Crippen molar-refractivity contribution in [1.29, 1.82) is 0 Å². The van der Waals surface area contributed by atoms with Crippen LogP contribution in [0, 0.1) is 0 Å². The second kappa shape index (κ2) is 9.04. The van der Waals surface area contributed by atoms with Gasteiger partial charge in [-0.05, 0) is 35.1 Å². The molecule has 1 N–H and O–H groups in total. The number of anilines is 1. The standard InChI is InChI=1S/C21H28N2O3S/c1-16(2)18-10-12-20(13-11-18)23(27(4,25)26)15-21(24)22-14-17(3)19-8-6-5-7-9-19/h5-13,16-17H,14-15H2,1-4H3,(H,22,24)/t17-/m0/s1. The van der Waals surface area contributed by atoms with Crippen LogP contribution in [0.15, 0.2) is 54.6 Å². The lowest BCUT2D eigenvalue weighted by Crippen LogP contribution is -2.41. The molecule has 0 unspecified atom stereocenters. The summed E-state index contributed by atoms with van der Waals surface area (Å²) in [6.07, 6.45) is 1.11. The quantitative estimate of drug-likeness (QED) is 0.753. The minimum Gasteiger partial charge on any atom is -0.354 e. The summed E-state index contributed by atoms with van der Waals surface area (Å²) >= 11 is 0. The summed E-state index contributed by atoms with van der Waals surface area (Å²) in [5.74, 6) is 0.178. The first kappa shape index (κ1) is 21.0. The Morgan fingerprint density at radius 3 is 2.07 bits per heavy atom. The molecule has 0 fully saturated rings. The van der Waals surface area contributed by atoms with E-state index in [0.29, 0.717) is 18.2 Å². The van der Waals surface area contributed by atoms with Gasteiger partial charge in [0.2, 0.25) is 15.9 Å². The van der Waals surface area contributed by atoms with Gasteiger partial charge in [0, 0.05) is 6.54 Å². The molecule has 0 radical (unpaired) electrons. The van der Waals surface area contributed by atoms with Crippen molar-refractivity contribution in [3.63, 3.8) is 0 Å². The molecule has 0 bridgehead atoms. The SMILES string of the molecule is CC(C)c1ccc(N(CC(=O)NC[C@H](C)c2ccccc2)S(C)(=O)=O)cc1. The lowest BCUT2D eigenvalue weighted by molar-refractivity contribution is -0.119. The summed E-state index contributed by atoms with van der Waals surface area (Å²) in [6, 6.07) is 17.2. The molecule has 2 aromatic carbocycles. The highest BCUT2D eigenvalue weighted by Gasteiger charge is 2.21. The highest BCUT2D eigenvalue weighted by atomic mass is 32.2. The Bertz CT molecular complexity index is 847. The molecule has 0 spiro atoms. The van der Waals surface area contributed by atoms with E-state index in [4.69, 9.17) is 0 Å². The Labute approximate surface area is 162 Å². The highest BCUT2D eigenvalue weighted by Crippen LogP contribution is 2.22. The minimum atomic E-state index is -3.56. The summed E-state index contributed by atoms with van der Waals surface area (Å²) in [5, 5.41) is 2.84. The van der Waals surface area contributed by atoms with Crippen molar-refractivity contribution in [3.05, 3.63) is 65.7 Å². The van der Waals surface area contributed by atoms with Crippen LogP contribution in [0.3, 0.4) is 0 Å². The van der Waals surface area contributed by atoms with Gasteiger partial charge in [-0.25, -0.2) is 8.42 Å². The molecule has 146 valence electrons. The smallest absolute Gasteiger partial charge is 0.240 e. The molecule has 0 heterocycles. The van der Waals surface area contributed by atoms with E-state index in [1.54, 1.807) is 12.1 Å². The van der Waals surface area contributed by atoms with E-state index in [-0.39, 0.29) is 18.4 Å². The number of nitrogens with zero attached hydrogens (tertiary/aromatic N) is 1. The molecular formula is C21H28N2O3S. The third-order valence-corrected chi connectivity index (χ3v) is 5.65. The van der Waals surface area contributed by atoms with Gasteiger partial charge < -0.3 is 5.32 Å². The van der Waals surface area contributed by atoms with Gasteiger partial charge in [0.05, 0.1) is 11.9 Å². The first-order valence-electron chi connectivity index (χ1n) is 9.07. The second-order valence-corrected chi connectivity index (χ2v) is 9.04. The summed E-state index contributed by atoms with van der Waals surface area (Å²) in [7, 11) is -3.56. The van der Waals surface area contributed by atoms with Crippen LogP contribution in [0.4, 0.5) is 5.69 Å². The summed E-state index contributed by atoms with van der Waals surface area (Å²) in [4.78, 5) is 12.4. The first-order chi connectivity index (χ1) is 12.7.